The quantitative estimate of drug-likeness (QED) is 0.506. The standard InChI is InChI=1S/C27H28ClN3O3/c28-25-11-5-20(6-12-25)17-29-26(32)23-7-1-21(2-8-23)18-30-13-15-31(16-14-30)19-22-3-9-24(10-4-22)27(33)34/h1-12H,13-19H2,(H,29,32)(H,33,34). The number of nitrogens with zero attached hydrogens (tertiary/aromatic N) is 2. The van der Waals surface area contributed by atoms with Gasteiger partial charge >= 0.3 is 5.97 Å². The Morgan fingerprint density at radius 2 is 1.15 bits per heavy atom. The fourth-order valence-corrected chi connectivity index (χ4v) is 4.15. The molecular formula is C27H28ClN3O3. The molecule has 1 amide bonds. The first-order valence-corrected chi connectivity index (χ1v) is 11.7. The number of aromatic carboxylic acids is 1. The molecule has 0 atom stereocenters. The molecule has 3 aromatic carbocycles. The number of halogens is 1. The molecule has 0 bridgehead atoms. The SMILES string of the molecule is O=C(O)c1ccc(CN2CCN(Cc3ccc(C(=O)NCc4ccc(Cl)cc4)cc3)CC2)cc1. The fourth-order valence-electron chi connectivity index (χ4n) is 4.02. The second kappa shape index (κ2) is 11.3. The number of nitrogens with one attached hydrogen (secondary N) is 1. The van der Waals surface area contributed by atoms with Crippen LogP contribution in [0.15, 0.2) is 72.8 Å². The number of amides is 1. The Labute approximate surface area is 204 Å². The van der Waals surface area contributed by atoms with Gasteiger partial charge in [-0.1, -0.05) is 48.0 Å². The van der Waals surface area contributed by atoms with Crippen LogP contribution in [0, 0.1) is 0 Å². The lowest BCUT2D eigenvalue weighted by Gasteiger charge is -2.34. The minimum atomic E-state index is -0.897. The summed E-state index contributed by atoms with van der Waals surface area (Å²) in [5.74, 6) is -0.988. The van der Waals surface area contributed by atoms with E-state index in [9.17, 15) is 9.59 Å². The van der Waals surface area contributed by atoms with Crippen molar-refractivity contribution in [1.82, 2.24) is 15.1 Å². The largest absolute Gasteiger partial charge is 0.478 e. The average molecular weight is 478 g/mol. The first-order chi connectivity index (χ1) is 16.5. The number of carboxylic acids is 1. The van der Waals surface area contributed by atoms with Gasteiger partial charge < -0.3 is 10.4 Å². The number of rotatable bonds is 8. The van der Waals surface area contributed by atoms with Crippen molar-refractivity contribution in [2.75, 3.05) is 26.2 Å². The second-order valence-electron chi connectivity index (χ2n) is 8.56. The predicted octanol–water partition coefficient (Wildman–Crippen LogP) is 4.29. The Balaban J connectivity index is 1.21. The summed E-state index contributed by atoms with van der Waals surface area (Å²) < 4.78 is 0. The zero-order valence-electron chi connectivity index (χ0n) is 18.9. The van der Waals surface area contributed by atoms with Crippen LogP contribution in [0.2, 0.25) is 5.02 Å². The van der Waals surface area contributed by atoms with Crippen LogP contribution in [0.25, 0.3) is 0 Å². The van der Waals surface area contributed by atoms with E-state index in [1.54, 1.807) is 12.1 Å². The maximum absolute atomic E-state index is 12.4. The molecule has 3 aromatic rings. The van der Waals surface area contributed by atoms with Gasteiger partial charge in [-0.15, -0.1) is 0 Å². The molecule has 0 radical (unpaired) electrons. The molecule has 6 nitrogen and oxygen atoms in total. The Kier molecular flexibility index (Phi) is 7.95. The summed E-state index contributed by atoms with van der Waals surface area (Å²) in [6.07, 6.45) is 0. The van der Waals surface area contributed by atoms with Gasteiger partial charge in [-0.2, -0.15) is 0 Å². The van der Waals surface area contributed by atoms with Crippen molar-refractivity contribution in [1.29, 1.82) is 0 Å². The molecule has 0 aliphatic carbocycles. The highest BCUT2D eigenvalue weighted by Gasteiger charge is 2.17. The predicted molar refractivity (Wildman–Crippen MR) is 133 cm³/mol. The molecular weight excluding hydrogens is 450 g/mol. The molecule has 1 fully saturated rings. The van der Waals surface area contributed by atoms with Crippen molar-refractivity contribution < 1.29 is 14.7 Å². The molecule has 176 valence electrons. The molecule has 4 rings (SSSR count). The summed E-state index contributed by atoms with van der Waals surface area (Å²) >= 11 is 5.90. The third kappa shape index (κ3) is 6.67. The molecule has 1 saturated heterocycles. The van der Waals surface area contributed by atoms with E-state index in [0.29, 0.717) is 22.7 Å². The minimum Gasteiger partial charge on any atom is -0.478 e. The molecule has 34 heavy (non-hydrogen) atoms. The first kappa shape index (κ1) is 24.0. The third-order valence-electron chi connectivity index (χ3n) is 6.06. The normalized spacial score (nSPS) is 14.6. The van der Waals surface area contributed by atoms with Crippen molar-refractivity contribution in [3.05, 3.63) is 106 Å². The number of piperazine rings is 1. The lowest BCUT2D eigenvalue weighted by Crippen LogP contribution is -2.45. The summed E-state index contributed by atoms with van der Waals surface area (Å²) in [6.45, 7) is 6.01. The van der Waals surface area contributed by atoms with Gasteiger partial charge in [0.1, 0.15) is 0 Å². The van der Waals surface area contributed by atoms with Gasteiger partial charge in [0.05, 0.1) is 5.56 Å². The van der Waals surface area contributed by atoms with Crippen LogP contribution in [-0.4, -0.2) is 53.0 Å². The lowest BCUT2D eigenvalue weighted by atomic mass is 10.1. The molecule has 1 aliphatic heterocycles. The summed E-state index contributed by atoms with van der Waals surface area (Å²) in [5, 5.41) is 12.6. The number of hydrogen-bond donors (Lipinski definition) is 2. The van der Waals surface area contributed by atoms with Crippen LogP contribution in [0.3, 0.4) is 0 Å². The van der Waals surface area contributed by atoms with Crippen LogP contribution in [-0.2, 0) is 19.6 Å². The zero-order chi connectivity index (χ0) is 23.9. The number of benzene rings is 3. The van der Waals surface area contributed by atoms with Crippen molar-refractivity contribution >= 4 is 23.5 Å². The van der Waals surface area contributed by atoms with Gasteiger partial charge in [0.15, 0.2) is 0 Å². The van der Waals surface area contributed by atoms with Gasteiger partial charge in [0.2, 0.25) is 0 Å². The summed E-state index contributed by atoms with van der Waals surface area (Å²) in [4.78, 5) is 28.2. The van der Waals surface area contributed by atoms with Crippen LogP contribution >= 0.6 is 11.6 Å². The van der Waals surface area contributed by atoms with Gasteiger partial charge in [-0.3, -0.25) is 14.6 Å². The van der Waals surface area contributed by atoms with E-state index in [1.165, 1.54) is 5.56 Å². The monoisotopic (exact) mass is 477 g/mol. The second-order valence-corrected chi connectivity index (χ2v) is 9.00. The van der Waals surface area contributed by atoms with Gasteiger partial charge in [-0.25, -0.2) is 4.79 Å². The molecule has 1 heterocycles. The summed E-state index contributed by atoms with van der Waals surface area (Å²) in [6, 6.07) is 22.3. The van der Waals surface area contributed by atoms with Crippen LogP contribution in [0.4, 0.5) is 0 Å². The van der Waals surface area contributed by atoms with E-state index in [-0.39, 0.29) is 5.91 Å². The number of carboxylic acid groups (broad SMARTS) is 1. The maximum Gasteiger partial charge on any atom is 0.335 e. The van der Waals surface area contributed by atoms with Crippen molar-refractivity contribution in [2.24, 2.45) is 0 Å². The summed E-state index contributed by atoms with van der Waals surface area (Å²) in [7, 11) is 0. The van der Waals surface area contributed by atoms with Gasteiger partial charge in [0.25, 0.3) is 5.91 Å². The smallest absolute Gasteiger partial charge is 0.335 e. The number of carbonyl (C=O) groups excluding carboxylic acids is 1. The van der Waals surface area contributed by atoms with Crippen molar-refractivity contribution in [2.45, 2.75) is 19.6 Å². The van der Waals surface area contributed by atoms with E-state index >= 15 is 0 Å². The van der Waals surface area contributed by atoms with E-state index in [4.69, 9.17) is 16.7 Å². The Hall–Kier alpha value is -3.19. The van der Waals surface area contributed by atoms with Crippen molar-refractivity contribution in [3.63, 3.8) is 0 Å². The highest BCUT2D eigenvalue weighted by Crippen LogP contribution is 2.14. The third-order valence-corrected chi connectivity index (χ3v) is 6.31. The van der Waals surface area contributed by atoms with E-state index in [2.05, 4.69) is 15.1 Å². The Bertz CT molecular complexity index is 1110. The highest BCUT2D eigenvalue weighted by molar-refractivity contribution is 6.30. The number of carbonyl (C=O) groups is 2. The lowest BCUT2D eigenvalue weighted by molar-refractivity contribution is 0.0696. The van der Waals surface area contributed by atoms with Crippen molar-refractivity contribution in [3.8, 4) is 0 Å². The topological polar surface area (TPSA) is 72.9 Å². The van der Waals surface area contributed by atoms with Crippen LogP contribution < -0.4 is 5.32 Å². The van der Waals surface area contributed by atoms with Crippen LogP contribution in [0.5, 0.6) is 0 Å². The van der Waals surface area contributed by atoms with Gasteiger partial charge in [0, 0.05) is 56.4 Å². The Morgan fingerprint density at radius 3 is 1.62 bits per heavy atom. The fraction of sp³-hybridized carbons (Fsp3) is 0.259. The molecule has 0 spiro atoms. The first-order valence-electron chi connectivity index (χ1n) is 11.3. The molecule has 0 unspecified atom stereocenters. The van der Waals surface area contributed by atoms with E-state index in [1.807, 2.05) is 60.7 Å². The average Bonchev–Trinajstić information content (AvgIpc) is 2.85. The minimum absolute atomic E-state index is 0.0912. The number of hydrogen-bond acceptors (Lipinski definition) is 4. The molecule has 1 aliphatic rings. The molecule has 7 heteroatoms. The molecule has 0 saturated carbocycles. The van der Waals surface area contributed by atoms with Gasteiger partial charge in [-0.05, 0) is 53.1 Å². The van der Waals surface area contributed by atoms with Crippen LogP contribution in [0.1, 0.15) is 37.4 Å². The highest BCUT2D eigenvalue weighted by atomic mass is 35.5. The Morgan fingerprint density at radius 1 is 0.706 bits per heavy atom. The molecule has 0 aromatic heterocycles. The van der Waals surface area contributed by atoms with E-state index in [0.717, 1.165) is 50.4 Å². The summed E-state index contributed by atoms with van der Waals surface area (Å²) in [5.41, 5.74) is 4.29. The maximum atomic E-state index is 12.4. The van der Waals surface area contributed by atoms with E-state index < -0.39 is 5.97 Å². The zero-order valence-corrected chi connectivity index (χ0v) is 19.7. The molecule has 2 N–H and O–H groups in total.